The van der Waals surface area contributed by atoms with Crippen LogP contribution in [-0.4, -0.2) is 60.8 Å². The highest BCUT2D eigenvalue weighted by Gasteiger charge is 2.51. The molecule has 188 valence electrons. The lowest BCUT2D eigenvalue weighted by Crippen LogP contribution is -2.42. The Hall–Kier alpha value is -1.82. The number of alkyl halides is 3. The first-order chi connectivity index (χ1) is 14.4. The maximum atomic E-state index is 13.1. The van der Waals surface area contributed by atoms with Gasteiger partial charge in [0.2, 0.25) is 5.91 Å². The van der Waals surface area contributed by atoms with Gasteiger partial charge < -0.3 is 25.0 Å². The van der Waals surface area contributed by atoms with Crippen molar-refractivity contribution in [3.8, 4) is 0 Å². The summed E-state index contributed by atoms with van der Waals surface area (Å²) >= 11 is 0. The molecule has 0 unspecified atom stereocenters. The lowest BCUT2D eigenvalue weighted by Gasteiger charge is -2.26. The van der Waals surface area contributed by atoms with E-state index in [1.807, 2.05) is 0 Å². The van der Waals surface area contributed by atoms with Gasteiger partial charge in [-0.15, -0.1) is 24.8 Å². The number of rotatable bonds is 4. The number of hydrogen-bond acceptors (Lipinski definition) is 6. The summed E-state index contributed by atoms with van der Waals surface area (Å²) in [5.41, 5.74) is -2.41. The van der Waals surface area contributed by atoms with Crippen LogP contribution in [0.3, 0.4) is 0 Å². The Labute approximate surface area is 202 Å². The van der Waals surface area contributed by atoms with Gasteiger partial charge in [0.25, 0.3) is 0 Å². The number of carbonyl (C=O) groups is 2. The average molecular weight is 517 g/mol. The molecule has 2 saturated heterocycles. The lowest BCUT2D eigenvalue weighted by atomic mass is 9.95. The van der Waals surface area contributed by atoms with Gasteiger partial charge in [-0.05, 0) is 6.07 Å². The summed E-state index contributed by atoms with van der Waals surface area (Å²) in [4.78, 5) is 30.2. The zero-order valence-corrected chi connectivity index (χ0v) is 20.4. The van der Waals surface area contributed by atoms with Crippen LogP contribution in [0.25, 0.3) is 0 Å². The maximum Gasteiger partial charge on any atom is 0.417 e. The van der Waals surface area contributed by atoms with Crippen LogP contribution >= 0.6 is 24.8 Å². The van der Waals surface area contributed by atoms with Crippen LogP contribution in [0.4, 0.5) is 23.7 Å². The van der Waals surface area contributed by atoms with E-state index in [0.29, 0.717) is 25.8 Å². The zero-order chi connectivity index (χ0) is 23.0. The van der Waals surface area contributed by atoms with Crippen LogP contribution in [0.2, 0.25) is 0 Å². The highest BCUT2D eigenvalue weighted by molar-refractivity contribution is 5.95. The summed E-state index contributed by atoms with van der Waals surface area (Å²) in [6, 6.07) is 0.797. The highest BCUT2D eigenvalue weighted by atomic mass is 35.5. The van der Waals surface area contributed by atoms with Crippen molar-refractivity contribution in [3.05, 3.63) is 23.5 Å². The molecule has 0 aromatic carbocycles. The zero-order valence-electron chi connectivity index (χ0n) is 18.7. The number of halogens is 5. The average Bonchev–Trinajstić information content (AvgIpc) is 3.22. The second-order valence-electron chi connectivity index (χ2n) is 8.95. The number of likely N-dealkylation sites (tertiary alicyclic amines) is 1. The van der Waals surface area contributed by atoms with Gasteiger partial charge in [-0.3, -0.25) is 9.78 Å². The van der Waals surface area contributed by atoms with Crippen molar-refractivity contribution in [3.63, 3.8) is 0 Å². The molecule has 2 atom stereocenters. The minimum absolute atomic E-state index is 0. The first kappa shape index (κ1) is 29.2. The molecule has 2 aliphatic heterocycles. The van der Waals surface area contributed by atoms with Crippen molar-refractivity contribution in [2.45, 2.75) is 39.2 Å². The standard InChI is InChI=1S/C20H27F3N4O4.2ClH/c1-18(2,3)16(28)26-14-5-12(20(21,22)23)7-25-15(14)9-31-17(29)27-8-13-6-24-10-19(13,11-27)30-4;;/h5,7,13,24H,6,8-11H2,1-4H3,(H,26,28);2*1H/t13-,19+;;/m1../s1. The molecule has 2 fully saturated rings. The number of amides is 2. The Bertz CT molecular complexity index is 867. The largest absolute Gasteiger partial charge is 0.443 e. The third-order valence-corrected chi connectivity index (χ3v) is 5.68. The molecule has 33 heavy (non-hydrogen) atoms. The van der Waals surface area contributed by atoms with Gasteiger partial charge in [0.15, 0.2) is 0 Å². The second kappa shape index (κ2) is 10.6. The van der Waals surface area contributed by atoms with Gasteiger partial charge in [0.05, 0.1) is 17.8 Å². The number of carbonyl (C=O) groups excluding carboxylic acids is 2. The van der Waals surface area contributed by atoms with Crippen molar-refractivity contribution < 1.29 is 32.2 Å². The normalized spacial score (nSPS) is 22.2. The quantitative estimate of drug-likeness (QED) is 0.636. The van der Waals surface area contributed by atoms with Crippen molar-refractivity contribution in [2.24, 2.45) is 11.3 Å². The molecule has 2 amide bonds. The summed E-state index contributed by atoms with van der Waals surface area (Å²) in [7, 11) is 1.60. The molecule has 0 bridgehead atoms. The van der Waals surface area contributed by atoms with E-state index in [9.17, 15) is 22.8 Å². The molecule has 2 aliphatic rings. The Morgan fingerprint density at radius 3 is 2.52 bits per heavy atom. The van der Waals surface area contributed by atoms with E-state index in [2.05, 4.69) is 15.6 Å². The topological polar surface area (TPSA) is 92.8 Å². The minimum atomic E-state index is -4.63. The lowest BCUT2D eigenvalue weighted by molar-refractivity contribution is -0.137. The van der Waals surface area contributed by atoms with Crippen LogP contribution in [0.1, 0.15) is 32.0 Å². The fourth-order valence-corrected chi connectivity index (χ4v) is 3.70. The van der Waals surface area contributed by atoms with Gasteiger partial charge in [0, 0.05) is 44.3 Å². The van der Waals surface area contributed by atoms with Crippen LogP contribution in [-0.2, 0) is 27.1 Å². The first-order valence-electron chi connectivity index (χ1n) is 9.91. The molecule has 2 N–H and O–H groups in total. The number of methoxy groups -OCH3 is 1. The molecule has 3 rings (SSSR count). The van der Waals surface area contributed by atoms with Gasteiger partial charge >= 0.3 is 12.3 Å². The van der Waals surface area contributed by atoms with E-state index in [1.54, 1.807) is 27.9 Å². The molecule has 0 saturated carbocycles. The number of aromatic nitrogens is 1. The van der Waals surface area contributed by atoms with Crippen LogP contribution < -0.4 is 10.6 Å². The van der Waals surface area contributed by atoms with E-state index < -0.39 is 34.8 Å². The summed E-state index contributed by atoms with van der Waals surface area (Å²) in [6.45, 7) is 6.68. The van der Waals surface area contributed by atoms with E-state index in [0.717, 1.165) is 12.6 Å². The van der Waals surface area contributed by atoms with Crippen LogP contribution in [0.15, 0.2) is 12.3 Å². The molecule has 0 spiro atoms. The summed E-state index contributed by atoms with van der Waals surface area (Å²) < 4.78 is 50.3. The van der Waals surface area contributed by atoms with Gasteiger partial charge in [0.1, 0.15) is 17.9 Å². The van der Waals surface area contributed by atoms with E-state index >= 15 is 0 Å². The number of hydrogen-bond donors (Lipinski definition) is 2. The summed E-state index contributed by atoms with van der Waals surface area (Å²) in [6.07, 6.45) is -4.58. The number of nitrogens with one attached hydrogen (secondary N) is 2. The number of anilines is 1. The van der Waals surface area contributed by atoms with Crippen molar-refractivity contribution in [1.29, 1.82) is 0 Å². The monoisotopic (exact) mass is 516 g/mol. The van der Waals surface area contributed by atoms with Gasteiger partial charge in [-0.25, -0.2) is 4.79 Å². The number of fused-ring (bicyclic) bond motifs is 1. The molecule has 0 radical (unpaired) electrons. The fraction of sp³-hybridized carbons (Fsp3) is 0.650. The van der Waals surface area contributed by atoms with Gasteiger partial charge in [-0.2, -0.15) is 13.2 Å². The third kappa shape index (κ3) is 6.40. The van der Waals surface area contributed by atoms with E-state index in [4.69, 9.17) is 9.47 Å². The molecule has 0 aliphatic carbocycles. The minimum Gasteiger partial charge on any atom is -0.443 e. The summed E-state index contributed by atoms with van der Waals surface area (Å²) in [5, 5.41) is 5.71. The Morgan fingerprint density at radius 1 is 1.30 bits per heavy atom. The van der Waals surface area contributed by atoms with Gasteiger partial charge in [-0.1, -0.05) is 20.8 Å². The molecule has 3 heterocycles. The predicted molar refractivity (Wildman–Crippen MR) is 120 cm³/mol. The molecule has 13 heteroatoms. The SMILES string of the molecule is CO[C@]12CNC[C@@H]1CN(C(=O)OCc1ncc(C(F)(F)F)cc1NC(=O)C(C)(C)C)C2.Cl.Cl. The number of nitrogens with zero attached hydrogens (tertiary/aromatic N) is 2. The van der Waals surface area contributed by atoms with Crippen molar-refractivity contribution >= 4 is 42.5 Å². The number of ether oxygens (including phenoxy) is 2. The van der Waals surface area contributed by atoms with Crippen molar-refractivity contribution in [1.82, 2.24) is 15.2 Å². The number of pyridine rings is 1. The van der Waals surface area contributed by atoms with E-state index in [-0.39, 0.29) is 48.7 Å². The Kier molecular flexibility index (Phi) is 9.41. The second-order valence-corrected chi connectivity index (χ2v) is 8.95. The molecular weight excluding hydrogens is 488 g/mol. The molecule has 1 aromatic rings. The fourth-order valence-electron chi connectivity index (χ4n) is 3.70. The third-order valence-electron chi connectivity index (χ3n) is 5.68. The molecular formula is C20H29Cl2F3N4O4. The molecule has 1 aromatic heterocycles. The first-order valence-corrected chi connectivity index (χ1v) is 9.91. The van der Waals surface area contributed by atoms with Crippen molar-refractivity contribution in [2.75, 3.05) is 38.6 Å². The Balaban J connectivity index is 0.00000272. The predicted octanol–water partition coefficient (Wildman–Crippen LogP) is 3.49. The van der Waals surface area contributed by atoms with Crippen LogP contribution in [0.5, 0.6) is 0 Å². The summed E-state index contributed by atoms with van der Waals surface area (Å²) in [5.74, 6) is -0.348. The Morgan fingerprint density at radius 2 is 1.97 bits per heavy atom. The molecule has 8 nitrogen and oxygen atoms in total. The van der Waals surface area contributed by atoms with Crippen LogP contribution in [0, 0.1) is 11.3 Å². The van der Waals surface area contributed by atoms with E-state index in [1.165, 1.54) is 4.90 Å². The maximum absolute atomic E-state index is 13.1. The smallest absolute Gasteiger partial charge is 0.417 e. The highest BCUT2D eigenvalue weighted by Crippen LogP contribution is 2.35.